The molecule has 0 saturated heterocycles. The summed E-state index contributed by atoms with van der Waals surface area (Å²) in [7, 11) is -3.80. The quantitative estimate of drug-likeness (QED) is 0.520. The average Bonchev–Trinajstić information content (AvgIpc) is 2.67. The lowest BCUT2D eigenvalue weighted by Gasteiger charge is -2.19. The third-order valence-electron chi connectivity index (χ3n) is 4.44. The van der Waals surface area contributed by atoms with Gasteiger partial charge in [0.1, 0.15) is 0 Å². The lowest BCUT2D eigenvalue weighted by Crippen LogP contribution is -2.18. The normalized spacial score (nSPS) is 12.5. The van der Waals surface area contributed by atoms with Crippen LogP contribution in [0.25, 0.3) is 0 Å². The highest BCUT2D eigenvalue weighted by Gasteiger charge is 2.32. The van der Waals surface area contributed by atoms with Crippen LogP contribution in [-0.2, 0) is 9.84 Å². The van der Waals surface area contributed by atoms with Crippen LogP contribution in [0.5, 0.6) is 0 Å². The molecule has 0 spiro atoms. The Morgan fingerprint density at radius 1 is 0.889 bits per heavy atom. The Morgan fingerprint density at radius 2 is 1.48 bits per heavy atom. The first-order chi connectivity index (χ1) is 12.9. The molecule has 0 amide bonds. The summed E-state index contributed by atoms with van der Waals surface area (Å²) in [5.74, 6) is -0.240. The second-order valence-electron chi connectivity index (χ2n) is 6.36. The fourth-order valence-electron chi connectivity index (χ4n) is 2.93. The first kappa shape index (κ1) is 19.3. The van der Waals surface area contributed by atoms with E-state index in [1.165, 1.54) is 0 Å². The topological polar surface area (TPSA) is 51.2 Å². The van der Waals surface area contributed by atoms with E-state index in [0.717, 1.165) is 5.56 Å². The summed E-state index contributed by atoms with van der Waals surface area (Å²) in [6.07, 6.45) is -0.177. The summed E-state index contributed by atoms with van der Waals surface area (Å²) in [5, 5.41) is -0.722. The molecule has 0 radical (unpaired) electrons. The molecule has 0 aliphatic carbocycles. The Labute approximate surface area is 164 Å². The Balaban J connectivity index is 2.06. The molecule has 0 saturated carbocycles. The summed E-state index contributed by atoms with van der Waals surface area (Å²) in [5.41, 5.74) is 1.88. The van der Waals surface area contributed by atoms with Crippen LogP contribution in [0.3, 0.4) is 0 Å². The Bertz CT molecular complexity index is 1040. The van der Waals surface area contributed by atoms with Crippen molar-refractivity contribution in [2.45, 2.75) is 23.5 Å². The minimum Gasteiger partial charge on any atom is -0.294 e. The van der Waals surface area contributed by atoms with Gasteiger partial charge in [-0.15, -0.1) is 0 Å². The molecule has 3 aromatic carbocycles. The first-order valence-electron chi connectivity index (χ1n) is 8.53. The highest BCUT2D eigenvalue weighted by atomic mass is 35.5. The number of ketones is 1. The Kier molecular flexibility index (Phi) is 5.78. The number of sulfone groups is 1. The number of aryl methyl sites for hydroxylation is 1. The zero-order valence-electron chi connectivity index (χ0n) is 14.8. The van der Waals surface area contributed by atoms with Crippen molar-refractivity contribution in [1.29, 1.82) is 0 Å². The number of Topliss-reactive ketones (excluding diaryl/α,β-unsaturated/α-hetero) is 1. The van der Waals surface area contributed by atoms with Crippen molar-refractivity contribution in [1.82, 2.24) is 0 Å². The molecule has 3 aromatic rings. The van der Waals surface area contributed by atoms with Crippen molar-refractivity contribution >= 4 is 27.2 Å². The fraction of sp³-hybridized carbons (Fsp3) is 0.136. The zero-order chi connectivity index (χ0) is 19.4. The molecule has 0 aliphatic heterocycles. The maximum Gasteiger partial charge on any atom is 0.185 e. The van der Waals surface area contributed by atoms with Gasteiger partial charge in [0.25, 0.3) is 0 Å². The van der Waals surface area contributed by atoms with Crippen LogP contribution in [0, 0.1) is 6.92 Å². The average molecular weight is 399 g/mol. The largest absolute Gasteiger partial charge is 0.294 e. The van der Waals surface area contributed by atoms with Gasteiger partial charge in [-0.3, -0.25) is 4.79 Å². The second-order valence-corrected chi connectivity index (χ2v) is 8.90. The van der Waals surface area contributed by atoms with E-state index in [0.29, 0.717) is 16.1 Å². The maximum atomic E-state index is 13.4. The van der Waals surface area contributed by atoms with Crippen molar-refractivity contribution in [3.8, 4) is 0 Å². The molecule has 0 aliphatic rings. The van der Waals surface area contributed by atoms with E-state index >= 15 is 0 Å². The molecule has 0 unspecified atom stereocenters. The van der Waals surface area contributed by atoms with Gasteiger partial charge in [0, 0.05) is 17.0 Å². The van der Waals surface area contributed by atoms with E-state index in [-0.39, 0.29) is 17.1 Å². The second kappa shape index (κ2) is 8.07. The van der Waals surface area contributed by atoms with Crippen LogP contribution in [-0.4, -0.2) is 14.2 Å². The van der Waals surface area contributed by atoms with E-state index in [4.69, 9.17) is 11.6 Å². The van der Waals surface area contributed by atoms with Crippen LogP contribution in [0.15, 0.2) is 83.8 Å². The smallest absolute Gasteiger partial charge is 0.185 e. The van der Waals surface area contributed by atoms with Crippen molar-refractivity contribution < 1.29 is 13.2 Å². The minimum atomic E-state index is -3.80. The van der Waals surface area contributed by atoms with E-state index in [1.54, 1.807) is 72.8 Å². The van der Waals surface area contributed by atoms with Gasteiger partial charge in [-0.2, -0.15) is 0 Å². The Hall–Kier alpha value is -2.43. The highest BCUT2D eigenvalue weighted by molar-refractivity contribution is 7.91. The maximum absolute atomic E-state index is 13.4. The molecule has 3 rings (SSSR count). The van der Waals surface area contributed by atoms with Gasteiger partial charge in [-0.25, -0.2) is 8.42 Å². The van der Waals surface area contributed by atoms with E-state index < -0.39 is 15.1 Å². The van der Waals surface area contributed by atoms with E-state index in [2.05, 4.69) is 0 Å². The van der Waals surface area contributed by atoms with Crippen LogP contribution in [0.4, 0.5) is 0 Å². The van der Waals surface area contributed by atoms with Crippen LogP contribution < -0.4 is 0 Å². The van der Waals surface area contributed by atoms with Crippen molar-refractivity contribution in [3.05, 3.63) is 101 Å². The van der Waals surface area contributed by atoms with E-state index in [1.807, 2.05) is 13.0 Å². The molecule has 0 heterocycles. The molecule has 5 heteroatoms. The van der Waals surface area contributed by atoms with Crippen molar-refractivity contribution in [2.75, 3.05) is 0 Å². The summed E-state index contributed by atoms with van der Waals surface area (Å²) in [6, 6.07) is 22.1. The number of carbonyl (C=O) groups is 1. The van der Waals surface area contributed by atoms with Crippen LogP contribution in [0.1, 0.15) is 33.2 Å². The third-order valence-corrected chi connectivity index (χ3v) is 6.89. The van der Waals surface area contributed by atoms with E-state index in [9.17, 15) is 13.2 Å². The van der Waals surface area contributed by atoms with Crippen LogP contribution in [0.2, 0.25) is 5.02 Å². The summed E-state index contributed by atoms with van der Waals surface area (Å²) in [4.78, 5) is 12.9. The number of benzene rings is 3. The lowest BCUT2D eigenvalue weighted by atomic mass is 10.0. The van der Waals surface area contributed by atoms with Gasteiger partial charge in [0.05, 0.1) is 10.1 Å². The monoisotopic (exact) mass is 398 g/mol. The van der Waals surface area contributed by atoms with Gasteiger partial charge in [0.15, 0.2) is 15.6 Å². The fourth-order valence-corrected chi connectivity index (χ4v) is 5.01. The number of halogens is 1. The lowest BCUT2D eigenvalue weighted by molar-refractivity contribution is 0.0981. The van der Waals surface area contributed by atoms with Gasteiger partial charge >= 0.3 is 0 Å². The molecular weight excluding hydrogens is 380 g/mol. The van der Waals surface area contributed by atoms with Crippen molar-refractivity contribution in [3.63, 3.8) is 0 Å². The number of hydrogen-bond acceptors (Lipinski definition) is 3. The summed E-state index contributed by atoms with van der Waals surface area (Å²) in [6.45, 7) is 1.89. The molecule has 0 bridgehead atoms. The number of rotatable bonds is 6. The molecular formula is C22H19ClO3S. The van der Waals surface area contributed by atoms with Crippen molar-refractivity contribution in [2.24, 2.45) is 0 Å². The molecule has 3 nitrogen and oxygen atoms in total. The minimum absolute atomic E-state index is 0.177. The zero-order valence-corrected chi connectivity index (χ0v) is 16.4. The van der Waals surface area contributed by atoms with Gasteiger partial charge in [-0.05, 0) is 30.7 Å². The Morgan fingerprint density at radius 3 is 2.11 bits per heavy atom. The third kappa shape index (κ3) is 4.29. The predicted octanol–water partition coefficient (Wildman–Crippen LogP) is 5.44. The molecule has 0 aromatic heterocycles. The predicted molar refractivity (Wildman–Crippen MR) is 108 cm³/mol. The van der Waals surface area contributed by atoms with Gasteiger partial charge < -0.3 is 0 Å². The molecule has 1 atom stereocenters. The van der Waals surface area contributed by atoms with Gasteiger partial charge in [0.2, 0.25) is 0 Å². The molecule has 138 valence electrons. The molecule has 27 heavy (non-hydrogen) atoms. The standard InChI is InChI=1S/C22H19ClO3S/c1-16-11-13-18(14-12-16)27(25,26)22(19-9-5-6-10-20(19)23)15-21(24)17-7-3-2-4-8-17/h2-14,22H,15H2,1H3/t22-/m0/s1. The first-order valence-corrected chi connectivity index (χ1v) is 10.5. The van der Waals surface area contributed by atoms with Gasteiger partial charge in [-0.1, -0.05) is 77.8 Å². The number of hydrogen-bond donors (Lipinski definition) is 0. The summed E-state index contributed by atoms with van der Waals surface area (Å²) >= 11 is 6.29. The summed E-state index contributed by atoms with van der Waals surface area (Å²) < 4.78 is 26.7. The molecule has 0 fully saturated rings. The highest BCUT2D eigenvalue weighted by Crippen LogP contribution is 2.36. The van der Waals surface area contributed by atoms with Crippen LogP contribution >= 0.6 is 11.6 Å². The SMILES string of the molecule is Cc1ccc(S(=O)(=O)[C@@H](CC(=O)c2ccccc2)c2ccccc2Cl)cc1. The number of carbonyl (C=O) groups excluding carboxylic acids is 1. The molecule has 0 N–H and O–H groups in total.